The Morgan fingerprint density at radius 3 is 2.03 bits per heavy atom. The summed E-state index contributed by atoms with van der Waals surface area (Å²) in [5.41, 5.74) is -0.124. The van der Waals surface area contributed by atoms with Crippen LogP contribution in [0.15, 0.2) is 69.0 Å². The molecule has 0 atom stereocenters. The summed E-state index contributed by atoms with van der Waals surface area (Å²) in [5, 5.41) is 4.06. The summed E-state index contributed by atoms with van der Waals surface area (Å²) < 4.78 is 2.33. The van der Waals surface area contributed by atoms with Crippen molar-refractivity contribution in [1.82, 2.24) is 14.1 Å². The van der Waals surface area contributed by atoms with Gasteiger partial charge in [0.2, 0.25) is 5.65 Å². The number of nitrogens with zero attached hydrogens (tertiary/aromatic N) is 2. The van der Waals surface area contributed by atoms with Crippen molar-refractivity contribution < 1.29 is 4.98 Å². The standard InChI is InChI=1S/C22H16N4O3/c1-25-19-17(20(27)26(2)22(25)29)18(23-21(28)24-19)16-14-9-5-3-7-12(14)11-13-8-4-6-10-15(13)16/h3-11H,1-2H3,(H,23,24,28)/p+1. The minimum atomic E-state index is -0.502. The molecule has 0 saturated heterocycles. The molecule has 0 fully saturated rings. The molecule has 7 nitrogen and oxygen atoms in total. The van der Waals surface area contributed by atoms with E-state index in [2.05, 4.69) is 16.0 Å². The first-order valence-corrected chi connectivity index (χ1v) is 9.13. The van der Waals surface area contributed by atoms with Crippen LogP contribution in [0.3, 0.4) is 0 Å². The number of hydrogen-bond donors (Lipinski definition) is 1. The highest BCUT2D eigenvalue weighted by atomic mass is 16.2. The number of H-pyrrole nitrogens is 2. The largest absolute Gasteiger partial charge is 0.439 e. The monoisotopic (exact) mass is 385 g/mol. The van der Waals surface area contributed by atoms with Crippen LogP contribution in [0.4, 0.5) is 0 Å². The number of rotatable bonds is 1. The van der Waals surface area contributed by atoms with Gasteiger partial charge in [0.1, 0.15) is 5.69 Å². The molecule has 0 spiro atoms. The fraction of sp³-hybridized carbons (Fsp3) is 0.0909. The molecule has 0 bridgehead atoms. The van der Waals surface area contributed by atoms with Crippen LogP contribution < -0.4 is 21.9 Å². The van der Waals surface area contributed by atoms with Crippen LogP contribution in [0.2, 0.25) is 0 Å². The zero-order chi connectivity index (χ0) is 20.3. The summed E-state index contributed by atoms with van der Waals surface area (Å²) in [6.45, 7) is 0. The average Bonchev–Trinajstić information content (AvgIpc) is 2.73. The SMILES string of the molecule is Cn1c(=O)c2c(-c3c4ccccc4cc4ccccc34)[nH]c(=O)[nH+]c2n(C)c1=O. The number of nitrogens with one attached hydrogen (secondary N) is 2. The maximum Gasteiger partial charge on any atom is 0.439 e. The fourth-order valence-electron chi connectivity index (χ4n) is 4.00. The molecule has 0 aliphatic heterocycles. The van der Waals surface area contributed by atoms with E-state index in [9.17, 15) is 14.4 Å². The maximum absolute atomic E-state index is 13.1. The van der Waals surface area contributed by atoms with Gasteiger partial charge in [0.05, 0.1) is 7.05 Å². The quantitative estimate of drug-likeness (QED) is 0.446. The van der Waals surface area contributed by atoms with Gasteiger partial charge in [0.15, 0.2) is 5.39 Å². The Hall–Kier alpha value is -4.00. The zero-order valence-electron chi connectivity index (χ0n) is 15.8. The molecular formula is C22H17N4O3+. The predicted octanol–water partition coefficient (Wildman–Crippen LogP) is 1.71. The minimum Gasteiger partial charge on any atom is -0.268 e. The van der Waals surface area contributed by atoms with Gasteiger partial charge in [-0.1, -0.05) is 48.5 Å². The van der Waals surface area contributed by atoms with Crippen LogP contribution in [0.5, 0.6) is 0 Å². The summed E-state index contributed by atoms with van der Waals surface area (Å²) in [4.78, 5) is 43.4. The maximum atomic E-state index is 13.1. The second-order valence-electron chi connectivity index (χ2n) is 7.08. The highest BCUT2D eigenvalue weighted by Crippen LogP contribution is 2.36. The second-order valence-corrected chi connectivity index (χ2v) is 7.08. The van der Waals surface area contributed by atoms with Crippen molar-refractivity contribution in [3.63, 3.8) is 0 Å². The fourth-order valence-corrected chi connectivity index (χ4v) is 4.00. The van der Waals surface area contributed by atoms with Crippen molar-refractivity contribution in [2.45, 2.75) is 0 Å². The van der Waals surface area contributed by atoms with E-state index in [-0.39, 0.29) is 11.0 Å². The number of hydrogen-bond acceptors (Lipinski definition) is 3. The van der Waals surface area contributed by atoms with Crippen molar-refractivity contribution >= 4 is 32.6 Å². The average molecular weight is 385 g/mol. The molecule has 0 saturated carbocycles. The van der Waals surface area contributed by atoms with Gasteiger partial charge in [0.25, 0.3) is 5.56 Å². The van der Waals surface area contributed by atoms with Crippen molar-refractivity contribution in [1.29, 1.82) is 0 Å². The molecule has 2 heterocycles. The van der Waals surface area contributed by atoms with Crippen molar-refractivity contribution in [2.24, 2.45) is 14.1 Å². The Kier molecular flexibility index (Phi) is 3.54. The minimum absolute atomic E-state index is 0.189. The number of aromatic nitrogens is 4. The highest BCUT2D eigenvalue weighted by Gasteiger charge is 2.23. The van der Waals surface area contributed by atoms with Gasteiger partial charge in [-0.15, -0.1) is 0 Å². The van der Waals surface area contributed by atoms with Crippen LogP contribution in [0, 0.1) is 0 Å². The first-order chi connectivity index (χ1) is 14.0. The third-order valence-electron chi connectivity index (χ3n) is 5.41. The first kappa shape index (κ1) is 17.1. The molecule has 0 radical (unpaired) electrons. The topological polar surface area (TPSA) is 91.0 Å². The molecule has 3 aromatic carbocycles. The zero-order valence-corrected chi connectivity index (χ0v) is 15.8. The number of aryl methyl sites for hydroxylation is 1. The molecule has 5 rings (SSSR count). The Bertz CT molecular complexity index is 1590. The van der Waals surface area contributed by atoms with E-state index in [0.717, 1.165) is 31.7 Å². The number of benzene rings is 3. The Morgan fingerprint density at radius 2 is 1.41 bits per heavy atom. The Labute approximate surface area is 163 Å². The van der Waals surface area contributed by atoms with Gasteiger partial charge in [0, 0.05) is 12.6 Å². The molecule has 0 aliphatic carbocycles. The van der Waals surface area contributed by atoms with Crippen LogP contribution in [-0.4, -0.2) is 14.1 Å². The lowest BCUT2D eigenvalue weighted by molar-refractivity contribution is -0.374. The van der Waals surface area contributed by atoms with E-state index in [1.807, 2.05) is 48.5 Å². The van der Waals surface area contributed by atoms with Crippen LogP contribution in [0.25, 0.3) is 43.8 Å². The smallest absolute Gasteiger partial charge is 0.268 e. The molecule has 2 aromatic heterocycles. The molecule has 0 aliphatic rings. The van der Waals surface area contributed by atoms with Crippen LogP contribution >= 0.6 is 0 Å². The third kappa shape index (κ3) is 2.37. The molecule has 2 N–H and O–H groups in total. The van der Waals surface area contributed by atoms with E-state index in [1.165, 1.54) is 18.7 Å². The Morgan fingerprint density at radius 1 is 0.828 bits per heavy atom. The molecule has 142 valence electrons. The van der Waals surface area contributed by atoms with Crippen LogP contribution in [-0.2, 0) is 14.1 Å². The number of fused-ring (bicyclic) bond motifs is 3. The molecule has 7 heteroatoms. The van der Waals surface area contributed by atoms with Crippen molar-refractivity contribution in [3.8, 4) is 11.3 Å². The normalized spacial score (nSPS) is 11.5. The predicted molar refractivity (Wildman–Crippen MR) is 112 cm³/mol. The van der Waals surface area contributed by atoms with Gasteiger partial charge in [-0.25, -0.2) is 28.7 Å². The Balaban J connectivity index is 2.13. The van der Waals surface area contributed by atoms with E-state index in [4.69, 9.17) is 0 Å². The lowest BCUT2D eigenvalue weighted by Crippen LogP contribution is -2.43. The van der Waals surface area contributed by atoms with Crippen molar-refractivity contribution in [3.05, 3.63) is 85.9 Å². The highest BCUT2D eigenvalue weighted by molar-refractivity contribution is 6.14. The molecule has 5 aromatic rings. The van der Waals surface area contributed by atoms with E-state index < -0.39 is 16.9 Å². The summed E-state index contributed by atoms with van der Waals surface area (Å²) in [6, 6.07) is 17.7. The van der Waals surface area contributed by atoms with Crippen LogP contribution in [0.1, 0.15) is 0 Å². The van der Waals surface area contributed by atoms with E-state index in [1.54, 1.807) is 0 Å². The second kappa shape index (κ2) is 6.00. The molecular weight excluding hydrogens is 368 g/mol. The van der Waals surface area contributed by atoms with Gasteiger partial charge in [-0.2, -0.15) is 0 Å². The van der Waals surface area contributed by atoms with Gasteiger partial charge < -0.3 is 0 Å². The summed E-state index contributed by atoms with van der Waals surface area (Å²) in [5.74, 6) is 0. The lowest BCUT2D eigenvalue weighted by atomic mass is 9.93. The lowest BCUT2D eigenvalue weighted by Gasteiger charge is -2.12. The van der Waals surface area contributed by atoms with Gasteiger partial charge in [-0.3, -0.25) is 4.79 Å². The summed E-state index contributed by atoms with van der Waals surface area (Å²) in [7, 11) is 2.96. The summed E-state index contributed by atoms with van der Waals surface area (Å²) in [6.07, 6.45) is 0. The molecule has 29 heavy (non-hydrogen) atoms. The molecule has 0 unspecified atom stereocenters. The van der Waals surface area contributed by atoms with Crippen molar-refractivity contribution in [2.75, 3.05) is 0 Å². The molecule has 0 amide bonds. The summed E-state index contributed by atoms with van der Waals surface area (Å²) >= 11 is 0. The number of aromatic amines is 2. The van der Waals surface area contributed by atoms with Gasteiger partial charge in [-0.05, 0) is 27.6 Å². The third-order valence-corrected chi connectivity index (χ3v) is 5.41. The van der Waals surface area contributed by atoms with E-state index in [0.29, 0.717) is 5.69 Å². The first-order valence-electron chi connectivity index (χ1n) is 9.13. The van der Waals surface area contributed by atoms with E-state index >= 15 is 0 Å². The van der Waals surface area contributed by atoms with Gasteiger partial charge >= 0.3 is 11.4 Å².